The molecule has 23 heavy (non-hydrogen) atoms. The van der Waals surface area contributed by atoms with E-state index in [0.717, 1.165) is 30.5 Å². The Morgan fingerprint density at radius 3 is 2.78 bits per heavy atom. The number of aryl methyl sites for hydroxylation is 2. The highest BCUT2D eigenvalue weighted by Gasteiger charge is 2.04. The van der Waals surface area contributed by atoms with Crippen molar-refractivity contribution in [2.45, 2.75) is 19.9 Å². The zero-order valence-electron chi connectivity index (χ0n) is 12.7. The summed E-state index contributed by atoms with van der Waals surface area (Å²) < 4.78 is 1.99. The lowest BCUT2D eigenvalue weighted by molar-refractivity contribution is -0.403. The van der Waals surface area contributed by atoms with Gasteiger partial charge in [0.2, 0.25) is 0 Å². The molecule has 0 fully saturated rings. The first kappa shape index (κ1) is 16.8. The van der Waals surface area contributed by atoms with Crippen molar-refractivity contribution in [2.75, 3.05) is 11.9 Å². The molecule has 8 heteroatoms. The molecule has 2 aromatic rings. The van der Waals surface area contributed by atoms with Crippen LogP contribution in [0.4, 0.5) is 5.69 Å². The Kier molecular flexibility index (Phi) is 5.99. The van der Waals surface area contributed by atoms with Gasteiger partial charge in [-0.3, -0.25) is 10.1 Å². The third kappa shape index (κ3) is 5.99. The number of benzene rings is 1. The average Bonchev–Trinajstić information content (AvgIpc) is 2.91. The van der Waals surface area contributed by atoms with Crippen LogP contribution in [0.15, 0.2) is 48.8 Å². The summed E-state index contributed by atoms with van der Waals surface area (Å²) in [6, 6.07) is 6.95. The lowest BCUT2D eigenvalue weighted by Gasteiger charge is -2.11. The second kappa shape index (κ2) is 8.19. The van der Waals surface area contributed by atoms with Gasteiger partial charge in [0.05, 0.1) is 16.9 Å². The normalized spacial score (nSPS) is 11.3. The topological polar surface area (TPSA) is 85.0 Å². The maximum absolute atomic E-state index is 10.7. The van der Waals surface area contributed by atoms with Crippen LogP contribution in [0.3, 0.4) is 0 Å². The van der Waals surface area contributed by atoms with Crippen LogP contribution < -0.4 is 10.6 Å². The number of aromatic nitrogens is 2. The molecule has 1 aromatic carbocycles. The maximum atomic E-state index is 10.7. The SMILES string of the molecule is Cc1cn(CCCNC(=C[N+](=O)[O-])Nc2ccc(Cl)cc2)cn1. The van der Waals surface area contributed by atoms with E-state index >= 15 is 0 Å². The number of nitrogens with zero attached hydrogens (tertiary/aromatic N) is 3. The quantitative estimate of drug-likeness (QED) is 0.440. The number of nitro groups is 1. The van der Waals surface area contributed by atoms with Crippen molar-refractivity contribution in [3.63, 3.8) is 0 Å². The van der Waals surface area contributed by atoms with Crippen molar-refractivity contribution in [2.24, 2.45) is 0 Å². The van der Waals surface area contributed by atoms with Crippen LogP contribution >= 0.6 is 11.6 Å². The zero-order valence-corrected chi connectivity index (χ0v) is 13.5. The predicted octanol–water partition coefficient (Wildman–Crippen LogP) is 3.01. The molecule has 0 radical (unpaired) electrons. The minimum absolute atomic E-state index is 0.333. The summed E-state index contributed by atoms with van der Waals surface area (Å²) in [5.41, 5.74) is 1.69. The highest BCUT2D eigenvalue weighted by Crippen LogP contribution is 2.14. The fourth-order valence-corrected chi connectivity index (χ4v) is 2.12. The molecule has 2 N–H and O–H groups in total. The fourth-order valence-electron chi connectivity index (χ4n) is 2.00. The van der Waals surface area contributed by atoms with Crippen LogP contribution in [0.25, 0.3) is 0 Å². The summed E-state index contributed by atoms with van der Waals surface area (Å²) in [5, 5.41) is 17.3. The van der Waals surface area contributed by atoms with Gasteiger partial charge in [0.15, 0.2) is 5.82 Å². The molecule has 0 amide bonds. The van der Waals surface area contributed by atoms with Crippen molar-refractivity contribution in [3.05, 3.63) is 69.6 Å². The highest BCUT2D eigenvalue weighted by atomic mass is 35.5. The minimum Gasteiger partial charge on any atom is -0.366 e. The molecule has 0 saturated carbocycles. The molecule has 1 heterocycles. The van der Waals surface area contributed by atoms with Gasteiger partial charge in [0, 0.05) is 30.0 Å². The average molecular weight is 336 g/mol. The van der Waals surface area contributed by atoms with Crippen molar-refractivity contribution in [1.29, 1.82) is 0 Å². The highest BCUT2D eigenvalue weighted by molar-refractivity contribution is 6.30. The van der Waals surface area contributed by atoms with E-state index in [2.05, 4.69) is 15.6 Å². The van der Waals surface area contributed by atoms with Gasteiger partial charge < -0.3 is 15.2 Å². The van der Waals surface area contributed by atoms with Gasteiger partial charge in [-0.25, -0.2) is 4.98 Å². The largest absolute Gasteiger partial charge is 0.366 e. The predicted molar refractivity (Wildman–Crippen MR) is 89.7 cm³/mol. The summed E-state index contributed by atoms with van der Waals surface area (Å²) in [6.45, 7) is 3.32. The van der Waals surface area contributed by atoms with Crippen molar-refractivity contribution >= 4 is 17.3 Å². The molecule has 1 aromatic heterocycles. The molecule has 0 aliphatic carbocycles. The number of nitrogens with one attached hydrogen (secondary N) is 2. The Morgan fingerprint density at radius 2 is 2.17 bits per heavy atom. The van der Waals surface area contributed by atoms with E-state index in [1.807, 2.05) is 17.7 Å². The summed E-state index contributed by atoms with van der Waals surface area (Å²) in [7, 11) is 0. The molecule has 7 nitrogen and oxygen atoms in total. The first-order valence-electron chi connectivity index (χ1n) is 7.13. The Labute approximate surface area is 139 Å². The summed E-state index contributed by atoms with van der Waals surface area (Å²) in [5.74, 6) is 0.333. The van der Waals surface area contributed by atoms with Crippen molar-refractivity contribution in [1.82, 2.24) is 14.9 Å². The van der Waals surface area contributed by atoms with Crippen LogP contribution in [-0.2, 0) is 6.54 Å². The maximum Gasteiger partial charge on any atom is 0.274 e. The zero-order chi connectivity index (χ0) is 16.7. The molecular formula is C15H18ClN5O2. The number of hydrogen-bond acceptors (Lipinski definition) is 5. The molecule has 0 saturated heterocycles. The minimum atomic E-state index is -0.496. The van der Waals surface area contributed by atoms with Gasteiger partial charge in [-0.1, -0.05) is 11.6 Å². The van der Waals surface area contributed by atoms with E-state index in [1.54, 1.807) is 30.6 Å². The first-order valence-corrected chi connectivity index (χ1v) is 7.51. The molecule has 0 unspecified atom stereocenters. The Morgan fingerprint density at radius 1 is 1.43 bits per heavy atom. The number of halogens is 1. The number of imidazole rings is 1. The van der Waals surface area contributed by atoms with E-state index in [4.69, 9.17) is 11.6 Å². The second-order valence-electron chi connectivity index (χ2n) is 4.99. The Balaban J connectivity index is 1.86. The standard InChI is InChI=1S/C15H18ClN5O2/c1-12-9-20(11-18-12)8-2-7-17-15(10-21(22)23)19-14-5-3-13(16)4-6-14/h3-6,9-11,17,19H,2,7-8H2,1H3. The number of rotatable bonds is 8. The first-order chi connectivity index (χ1) is 11.0. The third-order valence-electron chi connectivity index (χ3n) is 3.03. The number of hydrogen-bond donors (Lipinski definition) is 2. The van der Waals surface area contributed by atoms with Crippen LogP contribution in [0.1, 0.15) is 12.1 Å². The molecular weight excluding hydrogens is 318 g/mol. The smallest absolute Gasteiger partial charge is 0.274 e. The van der Waals surface area contributed by atoms with E-state index in [-0.39, 0.29) is 0 Å². The second-order valence-corrected chi connectivity index (χ2v) is 5.43. The molecule has 0 aliphatic rings. The van der Waals surface area contributed by atoms with Crippen LogP contribution in [0, 0.1) is 17.0 Å². The summed E-state index contributed by atoms with van der Waals surface area (Å²) in [6.07, 6.45) is 5.46. The van der Waals surface area contributed by atoms with E-state index in [1.165, 1.54) is 0 Å². The molecule has 0 atom stereocenters. The lowest BCUT2D eigenvalue weighted by atomic mass is 10.3. The summed E-state index contributed by atoms with van der Waals surface area (Å²) in [4.78, 5) is 14.4. The summed E-state index contributed by atoms with van der Waals surface area (Å²) >= 11 is 5.82. The molecule has 2 rings (SSSR count). The van der Waals surface area contributed by atoms with Crippen molar-refractivity contribution in [3.8, 4) is 0 Å². The fraction of sp³-hybridized carbons (Fsp3) is 0.267. The van der Waals surface area contributed by atoms with Gasteiger partial charge in [-0.2, -0.15) is 0 Å². The van der Waals surface area contributed by atoms with Crippen LogP contribution in [-0.4, -0.2) is 21.0 Å². The molecule has 0 bridgehead atoms. The van der Waals surface area contributed by atoms with Gasteiger partial charge in [0.1, 0.15) is 0 Å². The molecule has 122 valence electrons. The van der Waals surface area contributed by atoms with Gasteiger partial charge >= 0.3 is 0 Å². The monoisotopic (exact) mass is 335 g/mol. The Bertz CT molecular complexity index is 681. The van der Waals surface area contributed by atoms with E-state index in [9.17, 15) is 10.1 Å². The Hall–Kier alpha value is -2.54. The lowest BCUT2D eigenvalue weighted by Crippen LogP contribution is -2.22. The van der Waals surface area contributed by atoms with Crippen molar-refractivity contribution < 1.29 is 4.92 Å². The molecule has 0 spiro atoms. The van der Waals surface area contributed by atoms with E-state index < -0.39 is 4.92 Å². The van der Waals surface area contributed by atoms with Crippen LogP contribution in [0.5, 0.6) is 0 Å². The molecule has 0 aliphatic heterocycles. The third-order valence-corrected chi connectivity index (χ3v) is 3.28. The number of anilines is 1. The van der Waals surface area contributed by atoms with Gasteiger partial charge in [-0.05, 0) is 37.6 Å². The van der Waals surface area contributed by atoms with Crippen LogP contribution in [0.2, 0.25) is 5.02 Å². The van der Waals surface area contributed by atoms with E-state index in [0.29, 0.717) is 17.4 Å². The van der Waals surface area contributed by atoms with Gasteiger partial charge in [-0.15, -0.1) is 0 Å². The van der Waals surface area contributed by atoms with Gasteiger partial charge in [0.25, 0.3) is 6.20 Å².